The van der Waals surface area contributed by atoms with Crippen molar-refractivity contribution in [2.75, 3.05) is 52.5 Å². The molecule has 0 saturated carbocycles. The number of rotatable bonds is 16. The Labute approximate surface area is 209 Å². The van der Waals surface area contributed by atoms with Crippen LogP contribution < -0.4 is 14.9 Å². The molecule has 3 rings (SSSR count). The molecule has 0 fully saturated rings. The maximum atomic E-state index is 13.3. The third-order valence-electron chi connectivity index (χ3n) is 6.12. The van der Waals surface area contributed by atoms with E-state index in [4.69, 9.17) is 13.9 Å². The topological polar surface area (TPSA) is 55.2 Å². The molecule has 35 heavy (non-hydrogen) atoms. The molecule has 0 atom stereocenters. The van der Waals surface area contributed by atoms with E-state index in [1.165, 1.54) is 0 Å². The maximum Gasteiger partial charge on any atom is 0.200 e. The van der Waals surface area contributed by atoms with E-state index in [2.05, 4.69) is 37.5 Å². The van der Waals surface area contributed by atoms with Crippen molar-refractivity contribution in [1.29, 1.82) is 0 Å². The summed E-state index contributed by atoms with van der Waals surface area (Å²) in [7, 11) is 0. The lowest BCUT2D eigenvalue weighted by Gasteiger charge is -2.21. The standard InChI is InChI=1S/C29H42N2O4/c1-5-13-30(14-6-2)17-19-33-23-9-11-27-25(21-23)29(32)26-22-24(10-12-28(26)35-27)34-20-18-31(15-7-3)16-8-4/h9-12,21-22H,5-8,13-20H2,1-4H3. The zero-order valence-corrected chi connectivity index (χ0v) is 22.0. The first-order valence-corrected chi connectivity index (χ1v) is 13.3. The molecule has 1 heterocycles. The highest BCUT2D eigenvalue weighted by atomic mass is 16.5. The zero-order valence-electron chi connectivity index (χ0n) is 22.0. The molecule has 1 aromatic heterocycles. The van der Waals surface area contributed by atoms with Crippen molar-refractivity contribution in [2.24, 2.45) is 0 Å². The lowest BCUT2D eigenvalue weighted by atomic mass is 10.1. The van der Waals surface area contributed by atoms with Crippen LogP contribution in [-0.4, -0.2) is 62.3 Å². The monoisotopic (exact) mass is 482 g/mol. The van der Waals surface area contributed by atoms with Crippen molar-refractivity contribution in [3.8, 4) is 11.5 Å². The van der Waals surface area contributed by atoms with E-state index in [-0.39, 0.29) is 5.43 Å². The Hall–Kier alpha value is -2.57. The van der Waals surface area contributed by atoms with Crippen LogP contribution in [0.25, 0.3) is 21.9 Å². The van der Waals surface area contributed by atoms with Crippen molar-refractivity contribution < 1.29 is 13.9 Å². The highest BCUT2D eigenvalue weighted by Gasteiger charge is 2.11. The van der Waals surface area contributed by atoms with Gasteiger partial charge in [0.15, 0.2) is 0 Å². The van der Waals surface area contributed by atoms with Crippen LogP contribution in [0.15, 0.2) is 45.6 Å². The maximum absolute atomic E-state index is 13.3. The Morgan fingerprint density at radius 2 is 1.03 bits per heavy atom. The highest BCUT2D eigenvalue weighted by Crippen LogP contribution is 2.25. The van der Waals surface area contributed by atoms with Crippen molar-refractivity contribution in [1.82, 2.24) is 9.80 Å². The first-order valence-electron chi connectivity index (χ1n) is 13.3. The minimum atomic E-state index is -0.0608. The molecule has 3 aromatic rings. The molecule has 0 aliphatic heterocycles. The van der Waals surface area contributed by atoms with Gasteiger partial charge >= 0.3 is 0 Å². The van der Waals surface area contributed by atoms with Gasteiger partial charge in [-0.25, -0.2) is 0 Å². The van der Waals surface area contributed by atoms with E-state index in [1.807, 2.05) is 24.3 Å². The molecule has 2 aromatic carbocycles. The molecule has 0 saturated heterocycles. The van der Waals surface area contributed by atoms with Crippen molar-refractivity contribution >= 4 is 21.9 Å². The van der Waals surface area contributed by atoms with Crippen LogP contribution in [0.1, 0.15) is 53.4 Å². The minimum Gasteiger partial charge on any atom is -0.492 e. The van der Waals surface area contributed by atoms with Gasteiger partial charge in [-0.05, 0) is 88.3 Å². The van der Waals surface area contributed by atoms with Crippen molar-refractivity contribution in [3.63, 3.8) is 0 Å². The molecule has 0 aliphatic carbocycles. The normalized spacial score (nSPS) is 11.7. The van der Waals surface area contributed by atoms with Crippen molar-refractivity contribution in [2.45, 2.75) is 53.4 Å². The fourth-order valence-corrected chi connectivity index (χ4v) is 4.52. The van der Waals surface area contributed by atoms with Crippen LogP contribution in [0.4, 0.5) is 0 Å². The molecular weight excluding hydrogens is 440 g/mol. The van der Waals surface area contributed by atoms with Gasteiger partial charge in [0.2, 0.25) is 5.43 Å². The first kappa shape index (κ1) is 27.0. The Kier molecular flexibility index (Phi) is 10.9. The number of hydrogen-bond donors (Lipinski definition) is 0. The Morgan fingerprint density at radius 3 is 1.40 bits per heavy atom. The number of fused-ring (bicyclic) bond motifs is 2. The van der Waals surface area contributed by atoms with Gasteiger partial charge in [0.25, 0.3) is 0 Å². The van der Waals surface area contributed by atoms with Gasteiger partial charge in [-0.15, -0.1) is 0 Å². The second kappa shape index (κ2) is 14.1. The quantitative estimate of drug-likeness (QED) is 0.235. The molecule has 6 heteroatoms. The summed E-state index contributed by atoms with van der Waals surface area (Å²) in [4.78, 5) is 18.1. The van der Waals surface area contributed by atoms with Crippen LogP contribution in [0.2, 0.25) is 0 Å². The molecule has 6 nitrogen and oxygen atoms in total. The van der Waals surface area contributed by atoms with Crippen LogP contribution in [0, 0.1) is 0 Å². The van der Waals surface area contributed by atoms with E-state index in [9.17, 15) is 4.79 Å². The second-order valence-corrected chi connectivity index (χ2v) is 9.13. The van der Waals surface area contributed by atoms with Gasteiger partial charge in [-0.2, -0.15) is 0 Å². The molecular formula is C29H42N2O4. The van der Waals surface area contributed by atoms with Crippen LogP contribution >= 0.6 is 0 Å². The Balaban J connectivity index is 1.71. The van der Waals surface area contributed by atoms with Gasteiger partial charge in [0, 0.05) is 13.1 Å². The summed E-state index contributed by atoms with van der Waals surface area (Å²) in [5.74, 6) is 1.38. The summed E-state index contributed by atoms with van der Waals surface area (Å²) < 4.78 is 18.0. The smallest absolute Gasteiger partial charge is 0.200 e. The largest absolute Gasteiger partial charge is 0.492 e. The van der Waals surface area contributed by atoms with Crippen LogP contribution in [-0.2, 0) is 0 Å². The van der Waals surface area contributed by atoms with Crippen molar-refractivity contribution in [3.05, 3.63) is 46.6 Å². The minimum absolute atomic E-state index is 0.0608. The lowest BCUT2D eigenvalue weighted by molar-refractivity contribution is 0.209. The average molecular weight is 483 g/mol. The number of ether oxygens (including phenoxy) is 2. The fraction of sp³-hybridized carbons (Fsp3) is 0.552. The van der Waals surface area contributed by atoms with Gasteiger partial charge in [0.05, 0.1) is 10.8 Å². The summed E-state index contributed by atoms with van der Waals surface area (Å²) in [6.45, 7) is 16.0. The molecule has 0 unspecified atom stereocenters. The molecule has 0 bridgehead atoms. The third kappa shape index (κ3) is 7.71. The SMILES string of the molecule is CCCN(CCC)CCOc1ccc2oc3ccc(OCCN(CCC)CCC)cc3c(=O)c2c1. The van der Waals surface area contributed by atoms with E-state index in [0.29, 0.717) is 46.7 Å². The Morgan fingerprint density at radius 1 is 0.629 bits per heavy atom. The van der Waals surface area contributed by atoms with Gasteiger partial charge in [-0.1, -0.05) is 27.7 Å². The highest BCUT2D eigenvalue weighted by molar-refractivity contribution is 5.90. The Bertz CT molecular complexity index is 1020. The van der Waals surface area contributed by atoms with E-state index >= 15 is 0 Å². The molecule has 0 amide bonds. The number of hydrogen-bond acceptors (Lipinski definition) is 6. The predicted octanol–water partition coefficient (Wildman–Crippen LogP) is 5.95. The van der Waals surface area contributed by atoms with E-state index in [1.54, 1.807) is 12.1 Å². The lowest BCUT2D eigenvalue weighted by Crippen LogP contribution is -2.30. The molecule has 0 radical (unpaired) electrons. The number of nitrogens with zero attached hydrogens (tertiary/aromatic N) is 2. The zero-order chi connectivity index (χ0) is 25.0. The summed E-state index contributed by atoms with van der Waals surface area (Å²) in [5.41, 5.74) is 1.07. The summed E-state index contributed by atoms with van der Waals surface area (Å²) >= 11 is 0. The fourth-order valence-electron chi connectivity index (χ4n) is 4.52. The number of benzene rings is 2. The molecule has 0 aliphatic rings. The average Bonchev–Trinajstić information content (AvgIpc) is 2.85. The predicted molar refractivity (Wildman–Crippen MR) is 145 cm³/mol. The van der Waals surface area contributed by atoms with Crippen LogP contribution in [0.5, 0.6) is 11.5 Å². The second-order valence-electron chi connectivity index (χ2n) is 9.13. The van der Waals surface area contributed by atoms with Crippen LogP contribution in [0.3, 0.4) is 0 Å². The van der Waals surface area contributed by atoms with Gasteiger partial charge in [0.1, 0.15) is 35.9 Å². The molecule has 0 N–H and O–H groups in total. The van der Waals surface area contributed by atoms with Gasteiger partial charge < -0.3 is 13.9 Å². The summed E-state index contributed by atoms with van der Waals surface area (Å²) in [6.07, 6.45) is 4.52. The third-order valence-corrected chi connectivity index (χ3v) is 6.12. The first-order chi connectivity index (χ1) is 17.1. The molecule has 192 valence electrons. The summed E-state index contributed by atoms with van der Waals surface area (Å²) in [5, 5.41) is 1.06. The van der Waals surface area contributed by atoms with E-state index < -0.39 is 0 Å². The van der Waals surface area contributed by atoms with Gasteiger partial charge in [-0.3, -0.25) is 14.6 Å². The molecule has 0 spiro atoms. The summed E-state index contributed by atoms with van der Waals surface area (Å²) in [6, 6.07) is 11.0. The van der Waals surface area contributed by atoms with E-state index in [0.717, 1.165) is 65.0 Å².